The SMILES string of the molecule is CC(=O)N(CCC(=O)Nc1ccccc1C)CCN(C)C. The van der Waals surface area contributed by atoms with Crippen molar-refractivity contribution in [3.8, 4) is 0 Å². The van der Waals surface area contributed by atoms with Crippen LogP contribution in [0.15, 0.2) is 24.3 Å². The number of rotatable bonds is 7. The van der Waals surface area contributed by atoms with E-state index in [1.807, 2.05) is 50.2 Å². The quantitative estimate of drug-likeness (QED) is 0.832. The number of likely N-dealkylation sites (N-methyl/N-ethyl adjacent to an activating group) is 1. The number of anilines is 1. The molecule has 1 rings (SSSR count). The van der Waals surface area contributed by atoms with Crippen molar-refractivity contribution in [2.45, 2.75) is 20.3 Å². The van der Waals surface area contributed by atoms with E-state index in [1.54, 1.807) is 4.90 Å². The van der Waals surface area contributed by atoms with E-state index in [9.17, 15) is 9.59 Å². The molecule has 21 heavy (non-hydrogen) atoms. The fourth-order valence-corrected chi connectivity index (χ4v) is 1.91. The van der Waals surface area contributed by atoms with Gasteiger partial charge in [0.25, 0.3) is 0 Å². The summed E-state index contributed by atoms with van der Waals surface area (Å²) in [6.45, 7) is 5.36. The number of carbonyl (C=O) groups is 2. The van der Waals surface area contributed by atoms with E-state index in [4.69, 9.17) is 0 Å². The van der Waals surface area contributed by atoms with Crippen LogP contribution in [0.3, 0.4) is 0 Å². The lowest BCUT2D eigenvalue weighted by Crippen LogP contribution is -2.37. The highest BCUT2D eigenvalue weighted by molar-refractivity contribution is 5.91. The van der Waals surface area contributed by atoms with Gasteiger partial charge in [-0.25, -0.2) is 0 Å². The Hall–Kier alpha value is -1.88. The average molecular weight is 291 g/mol. The number of benzene rings is 1. The molecule has 0 atom stereocenters. The Morgan fingerprint density at radius 1 is 1.10 bits per heavy atom. The minimum Gasteiger partial charge on any atom is -0.341 e. The number of aryl methyl sites for hydroxylation is 1. The number of hydrogen-bond donors (Lipinski definition) is 1. The zero-order valence-corrected chi connectivity index (χ0v) is 13.3. The molecule has 0 heterocycles. The van der Waals surface area contributed by atoms with Crippen molar-refractivity contribution in [1.29, 1.82) is 0 Å². The molecule has 0 aliphatic heterocycles. The molecule has 2 amide bonds. The van der Waals surface area contributed by atoms with E-state index >= 15 is 0 Å². The van der Waals surface area contributed by atoms with E-state index in [0.29, 0.717) is 19.5 Å². The molecule has 5 nitrogen and oxygen atoms in total. The smallest absolute Gasteiger partial charge is 0.226 e. The first-order chi connectivity index (χ1) is 9.90. The van der Waals surface area contributed by atoms with E-state index in [-0.39, 0.29) is 11.8 Å². The lowest BCUT2D eigenvalue weighted by molar-refractivity contribution is -0.129. The average Bonchev–Trinajstić information content (AvgIpc) is 2.40. The van der Waals surface area contributed by atoms with Crippen LogP contribution >= 0.6 is 0 Å². The fourth-order valence-electron chi connectivity index (χ4n) is 1.91. The molecule has 0 fully saturated rings. The second kappa shape index (κ2) is 8.42. The van der Waals surface area contributed by atoms with Crippen molar-refractivity contribution in [3.05, 3.63) is 29.8 Å². The second-order valence-corrected chi connectivity index (χ2v) is 5.42. The standard InChI is InChI=1S/C16H25N3O2/c1-13-7-5-6-8-15(13)17-16(21)9-10-19(14(2)20)12-11-18(3)4/h5-8H,9-12H2,1-4H3,(H,17,21). The number of hydrogen-bond acceptors (Lipinski definition) is 3. The first-order valence-corrected chi connectivity index (χ1v) is 7.16. The molecule has 0 bridgehead atoms. The van der Waals surface area contributed by atoms with Crippen LogP contribution in [-0.2, 0) is 9.59 Å². The van der Waals surface area contributed by atoms with Gasteiger partial charge in [0.05, 0.1) is 0 Å². The predicted molar refractivity (Wildman–Crippen MR) is 85.2 cm³/mol. The molecule has 0 saturated heterocycles. The Kier molecular flexibility index (Phi) is 6.88. The Morgan fingerprint density at radius 2 is 1.76 bits per heavy atom. The van der Waals surface area contributed by atoms with Gasteiger partial charge >= 0.3 is 0 Å². The molecule has 1 N–H and O–H groups in total. The molecule has 116 valence electrons. The zero-order chi connectivity index (χ0) is 15.8. The number of nitrogens with zero attached hydrogens (tertiary/aromatic N) is 2. The van der Waals surface area contributed by atoms with Crippen LogP contribution in [0.4, 0.5) is 5.69 Å². The minimum absolute atomic E-state index is 0.000502. The second-order valence-electron chi connectivity index (χ2n) is 5.42. The molecule has 0 aliphatic carbocycles. The highest BCUT2D eigenvalue weighted by Gasteiger charge is 2.12. The number of para-hydroxylation sites is 1. The van der Waals surface area contributed by atoms with Crippen LogP contribution in [0.5, 0.6) is 0 Å². The molecular formula is C16H25N3O2. The highest BCUT2D eigenvalue weighted by atomic mass is 16.2. The summed E-state index contributed by atoms with van der Waals surface area (Å²) in [6.07, 6.45) is 0.307. The topological polar surface area (TPSA) is 52.7 Å². The molecule has 0 unspecified atom stereocenters. The first kappa shape index (κ1) is 17.2. The molecule has 1 aromatic rings. The summed E-state index contributed by atoms with van der Waals surface area (Å²) < 4.78 is 0. The molecular weight excluding hydrogens is 266 g/mol. The van der Waals surface area contributed by atoms with Gasteiger partial charge in [-0.2, -0.15) is 0 Å². The summed E-state index contributed by atoms with van der Waals surface area (Å²) in [6, 6.07) is 7.65. The summed E-state index contributed by atoms with van der Waals surface area (Å²) in [5.41, 5.74) is 1.85. The molecule has 0 aromatic heterocycles. The summed E-state index contributed by atoms with van der Waals surface area (Å²) in [5, 5.41) is 2.88. The monoisotopic (exact) mass is 291 g/mol. The van der Waals surface area contributed by atoms with Gasteiger partial charge in [-0.1, -0.05) is 18.2 Å². The predicted octanol–water partition coefficient (Wildman–Crippen LogP) is 1.73. The third-order valence-corrected chi connectivity index (χ3v) is 3.29. The molecule has 0 saturated carbocycles. The van der Waals surface area contributed by atoms with E-state index < -0.39 is 0 Å². The van der Waals surface area contributed by atoms with E-state index in [1.165, 1.54) is 6.92 Å². The van der Waals surface area contributed by atoms with Gasteiger partial charge in [0, 0.05) is 38.7 Å². The number of carbonyl (C=O) groups excluding carboxylic acids is 2. The zero-order valence-electron chi connectivity index (χ0n) is 13.3. The maximum atomic E-state index is 12.0. The Morgan fingerprint density at radius 3 is 2.33 bits per heavy atom. The van der Waals surface area contributed by atoms with Crippen LogP contribution in [0.2, 0.25) is 0 Å². The summed E-state index contributed by atoms with van der Waals surface area (Å²) in [7, 11) is 3.92. The maximum absolute atomic E-state index is 12.0. The van der Waals surface area contributed by atoms with Crippen LogP contribution < -0.4 is 5.32 Å². The van der Waals surface area contributed by atoms with Crippen molar-refractivity contribution in [3.63, 3.8) is 0 Å². The lowest BCUT2D eigenvalue weighted by Gasteiger charge is -2.22. The van der Waals surface area contributed by atoms with Crippen LogP contribution in [0, 0.1) is 6.92 Å². The van der Waals surface area contributed by atoms with Crippen molar-refractivity contribution < 1.29 is 9.59 Å². The van der Waals surface area contributed by atoms with Gasteiger partial charge in [-0.3, -0.25) is 9.59 Å². The third kappa shape index (κ3) is 6.40. The van der Waals surface area contributed by atoms with Crippen LogP contribution in [-0.4, -0.2) is 55.3 Å². The lowest BCUT2D eigenvalue weighted by atomic mass is 10.2. The van der Waals surface area contributed by atoms with Gasteiger partial charge in [0.2, 0.25) is 11.8 Å². The van der Waals surface area contributed by atoms with E-state index in [2.05, 4.69) is 5.32 Å². The van der Waals surface area contributed by atoms with Gasteiger partial charge < -0.3 is 15.1 Å². The molecule has 0 aliphatic rings. The molecule has 0 radical (unpaired) electrons. The van der Waals surface area contributed by atoms with Crippen molar-refractivity contribution >= 4 is 17.5 Å². The number of amides is 2. The fraction of sp³-hybridized carbons (Fsp3) is 0.500. The van der Waals surface area contributed by atoms with Gasteiger partial charge in [0.1, 0.15) is 0 Å². The summed E-state index contributed by atoms with van der Waals surface area (Å²) in [5.74, 6) is -0.0686. The van der Waals surface area contributed by atoms with E-state index in [0.717, 1.165) is 17.8 Å². The minimum atomic E-state index is -0.0691. The molecule has 0 spiro atoms. The van der Waals surface area contributed by atoms with Crippen molar-refractivity contribution in [2.75, 3.05) is 39.0 Å². The Bertz CT molecular complexity index is 486. The first-order valence-electron chi connectivity index (χ1n) is 7.16. The Labute approximate surface area is 126 Å². The normalized spacial score (nSPS) is 10.5. The van der Waals surface area contributed by atoms with Gasteiger partial charge in [-0.15, -0.1) is 0 Å². The van der Waals surface area contributed by atoms with Gasteiger partial charge in [0.15, 0.2) is 0 Å². The third-order valence-electron chi connectivity index (χ3n) is 3.29. The summed E-state index contributed by atoms with van der Waals surface area (Å²) >= 11 is 0. The van der Waals surface area contributed by atoms with Gasteiger partial charge in [-0.05, 0) is 32.6 Å². The van der Waals surface area contributed by atoms with Crippen molar-refractivity contribution in [1.82, 2.24) is 9.80 Å². The molecule has 5 heteroatoms. The van der Waals surface area contributed by atoms with Crippen LogP contribution in [0.1, 0.15) is 18.9 Å². The summed E-state index contributed by atoms with van der Waals surface area (Å²) in [4.78, 5) is 27.3. The number of nitrogens with one attached hydrogen (secondary N) is 1. The molecule has 1 aromatic carbocycles. The largest absolute Gasteiger partial charge is 0.341 e. The van der Waals surface area contributed by atoms with Crippen molar-refractivity contribution in [2.24, 2.45) is 0 Å². The van der Waals surface area contributed by atoms with Crippen LogP contribution in [0.25, 0.3) is 0 Å². The maximum Gasteiger partial charge on any atom is 0.226 e. The highest BCUT2D eigenvalue weighted by Crippen LogP contribution is 2.13. The Balaban J connectivity index is 2.46.